The Hall–Kier alpha value is -2.89. The number of carbonyl (C=O) groups excluding carboxylic acids is 2. The molecule has 3 rings (SSSR count). The first kappa shape index (κ1) is 16.0. The number of Topliss-reactive ketones (excluding diaryl/α,β-unsaturated/α-hetero) is 1. The van der Waals surface area contributed by atoms with Gasteiger partial charge in [-0.3, -0.25) is 9.59 Å². The van der Waals surface area contributed by atoms with Crippen molar-refractivity contribution in [3.8, 4) is 5.75 Å². The molecule has 6 nitrogen and oxygen atoms in total. The van der Waals surface area contributed by atoms with E-state index in [-0.39, 0.29) is 23.8 Å². The summed E-state index contributed by atoms with van der Waals surface area (Å²) in [5, 5.41) is 2.53. The molecule has 0 aliphatic heterocycles. The summed E-state index contributed by atoms with van der Waals surface area (Å²) in [6.07, 6.45) is 1.78. The van der Waals surface area contributed by atoms with E-state index in [0.29, 0.717) is 36.3 Å². The molecule has 1 N–H and O–H groups in total. The summed E-state index contributed by atoms with van der Waals surface area (Å²) >= 11 is 0. The second-order valence-electron chi connectivity index (χ2n) is 5.63. The summed E-state index contributed by atoms with van der Waals surface area (Å²) in [6, 6.07) is 8.49. The van der Waals surface area contributed by atoms with Crippen LogP contribution < -0.4 is 15.7 Å². The Labute approximate surface area is 138 Å². The Balaban J connectivity index is 1.75. The molecule has 1 aromatic carbocycles. The Morgan fingerprint density at radius 3 is 2.67 bits per heavy atom. The van der Waals surface area contributed by atoms with Crippen molar-refractivity contribution in [3.05, 3.63) is 57.6 Å². The van der Waals surface area contributed by atoms with Crippen molar-refractivity contribution in [2.24, 2.45) is 0 Å². The molecule has 1 aromatic heterocycles. The van der Waals surface area contributed by atoms with Crippen LogP contribution in [0, 0.1) is 0 Å². The van der Waals surface area contributed by atoms with E-state index >= 15 is 0 Å². The molecular formula is C18H17NO5. The highest BCUT2D eigenvalue weighted by Gasteiger charge is 2.22. The van der Waals surface area contributed by atoms with Crippen LogP contribution in [0.2, 0.25) is 0 Å². The van der Waals surface area contributed by atoms with E-state index in [1.54, 1.807) is 31.4 Å². The van der Waals surface area contributed by atoms with Gasteiger partial charge in [-0.2, -0.15) is 0 Å². The lowest BCUT2D eigenvalue weighted by atomic mass is 9.96. The minimum atomic E-state index is -0.633. The van der Waals surface area contributed by atoms with E-state index in [1.165, 1.54) is 6.07 Å². The van der Waals surface area contributed by atoms with Crippen LogP contribution >= 0.6 is 0 Å². The van der Waals surface area contributed by atoms with Crippen molar-refractivity contribution in [1.29, 1.82) is 0 Å². The van der Waals surface area contributed by atoms with Gasteiger partial charge < -0.3 is 14.5 Å². The topological polar surface area (TPSA) is 85.6 Å². The number of amides is 1. The van der Waals surface area contributed by atoms with E-state index in [4.69, 9.17) is 9.15 Å². The molecule has 0 saturated heterocycles. The first-order valence-corrected chi connectivity index (χ1v) is 7.70. The molecule has 1 aliphatic rings. The van der Waals surface area contributed by atoms with Gasteiger partial charge >= 0.3 is 5.63 Å². The van der Waals surface area contributed by atoms with Gasteiger partial charge in [-0.25, -0.2) is 4.79 Å². The number of nitrogens with one attached hydrogen (secondary N) is 1. The molecule has 0 saturated carbocycles. The van der Waals surface area contributed by atoms with Gasteiger partial charge in [0.25, 0.3) is 0 Å². The van der Waals surface area contributed by atoms with Gasteiger partial charge in [0.15, 0.2) is 5.78 Å². The van der Waals surface area contributed by atoms with Gasteiger partial charge in [0.2, 0.25) is 5.91 Å². The van der Waals surface area contributed by atoms with Gasteiger partial charge in [-0.05, 0) is 30.2 Å². The van der Waals surface area contributed by atoms with Crippen LogP contribution in [0.5, 0.6) is 5.75 Å². The van der Waals surface area contributed by atoms with E-state index in [9.17, 15) is 14.4 Å². The highest BCUT2D eigenvalue weighted by Crippen LogP contribution is 2.22. The predicted octanol–water partition coefficient (Wildman–Crippen LogP) is 2.35. The van der Waals surface area contributed by atoms with Crippen molar-refractivity contribution in [2.45, 2.75) is 25.7 Å². The van der Waals surface area contributed by atoms with E-state index in [2.05, 4.69) is 5.32 Å². The predicted molar refractivity (Wildman–Crippen MR) is 87.6 cm³/mol. The zero-order valence-corrected chi connectivity index (χ0v) is 13.3. The lowest BCUT2D eigenvalue weighted by Crippen LogP contribution is -2.22. The third kappa shape index (κ3) is 3.37. The number of fused-ring (bicyclic) bond motifs is 1. The molecule has 1 heterocycles. The summed E-state index contributed by atoms with van der Waals surface area (Å²) in [7, 11) is 1.57. The third-order valence-electron chi connectivity index (χ3n) is 3.93. The summed E-state index contributed by atoms with van der Waals surface area (Å²) in [5.41, 5.74) is 0.543. The Morgan fingerprint density at radius 1 is 1.21 bits per heavy atom. The van der Waals surface area contributed by atoms with Gasteiger partial charge in [0, 0.05) is 12.8 Å². The number of hydrogen-bond donors (Lipinski definition) is 1. The Bertz CT molecular complexity index is 835. The second-order valence-corrected chi connectivity index (χ2v) is 5.63. The molecule has 1 amide bonds. The maximum absolute atomic E-state index is 12.1. The number of ether oxygens (including phenoxy) is 1. The average Bonchev–Trinajstić information content (AvgIpc) is 2.57. The number of benzene rings is 1. The van der Waals surface area contributed by atoms with Crippen molar-refractivity contribution >= 4 is 17.4 Å². The summed E-state index contributed by atoms with van der Waals surface area (Å²) < 4.78 is 10.2. The minimum Gasteiger partial charge on any atom is -0.497 e. The fraction of sp³-hybridized carbons (Fsp3) is 0.278. The molecule has 124 valence electrons. The van der Waals surface area contributed by atoms with Crippen LogP contribution in [-0.2, 0) is 17.6 Å². The molecule has 6 heteroatoms. The molecule has 0 bridgehead atoms. The number of anilines is 1. The van der Waals surface area contributed by atoms with Crippen LogP contribution in [0.3, 0.4) is 0 Å². The summed E-state index contributed by atoms with van der Waals surface area (Å²) in [4.78, 5) is 36.0. The van der Waals surface area contributed by atoms with Gasteiger partial charge in [0.1, 0.15) is 17.2 Å². The molecule has 0 unspecified atom stereocenters. The number of rotatable bonds is 4. The largest absolute Gasteiger partial charge is 0.497 e. The van der Waals surface area contributed by atoms with E-state index in [1.807, 2.05) is 0 Å². The minimum absolute atomic E-state index is 0.00233. The van der Waals surface area contributed by atoms with Crippen molar-refractivity contribution in [1.82, 2.24) is 0 Å². The van der Waals surface area contributed by atoms with E-state index < -0.39 is 5.63 Å². The SMILES string of the molecule is COc1ccc(CC(=O)Nc2cc3c(oc2=O)CCCC3=O)cc1. The van der Waals surface area contributed by atoms with E-state index in [0.717, 1.165) is 5.56 Å². The Kier molecular flexibility index (Phi) is 4.46. The quantitative estimate of drug-likeness (QED) is 0.931. The smallest absolute Gasteiger partial charge is 0.359 e. The second kappa shape index (κ2) is 6.70. The van der Waals surface area contributed by atoms with Crippen LogP contribution in [0.15, 0.2) is 39.5 Å². The lowest BCUT2D eigenvalue weighted by molar-refractivity contribution is -0.115. The number of hydrogen-bond acceptors (Lipinski definition) is 5. The lowest BCUT2D eigenvalue weighted by Gasteiger charge is -2.14. The number of aryl methyl sites for hydroxylation is 1. The first-order valence-electron chi connectivity index (χ1n) is 7.70. The molecule has 0 atom stereocenters. The molecule has 24 heavy (non-hydrogen) atoms. The molecule has 0 spiro atoms. The van der Waals surface area contributed by atoms with Crippen LogP contribution in [0.1, 0.15) is 34.5 Å². The van der Waals surface area contributed by atoms with Crippen LogP contribution in [-0.4, -0.2) is 18.8 Å². The zero-order chi connectivity index (χ0) is 17.1. The summed E-state index contributed by atoms with van der Waals surface area (Å²) in [5.74, 6) is 0.693. The fourth-order valence-corrected chi connectivity index (χ4v) is 2.68. The van der Waals surface area contributed by atoms with Gasteiger partial charge in [-0.15, -0.1) is 0 Å². The third-order valence-corrected chi connectivity index (χ3v) is 3.93. The molecule has 0 radical (unpaired) electrons. The number of ketones is 1. The average molecular weight is 327 g/mol. The number of carbonyl (C=O) groups is 2. The number of methoxy groups -OCH3 is 1. The monoisotopic (exact) mass is 327 g/mol. The van der Waals surface area contributed by atoms with Crippen molar-refractivity contribution < 1.29 is 18.7 Å². The molecule has 0 fully saturated rings. The first-order chi connectivity index (χ1) is 11.6. The Morgan fingerprint density at radius 2 is 1.96 bits per heavy atom. The fourth-order valence-electron chi connectivity index (χ4n) is 2.68. The summed E-state index contributed by atoms with van der Waals surface area (Å²) in [6.45, 7) is 0. The normalized spacial score (nSPS) is 13.3. The van der Waals surface area contributed by atoms with Crippen LogP contribution in [0.4, 0.5) is 5.69 Å². The van der Waals surface area contributed by atoms with Crippen molar-refractivity contribution in [3.63, 3.8) is 0 Å². The zero-order valence-electron chi connectivity index (χ0n) is 13.3. The van der Waals surface area contributed by atoms with Crippen LogP contribution in [0.25, 0.3) is 0 Å². The molecule has 1 aliphatic carbocycles. The molecular weight excluding hydrogens is 310 g/mol. The van der Waals surface area contributed by atoms with Gasteiger partial charge in [-0.1, -0.05) is 12.1 Å². The standard InChI is InChI=1S/C18H17NO5/c1-23-12-7-5-11(6-8-12)9-17(21)19-14-10-13-15(20)3-2-4-16(13)24-18(14)22/h5-8,10H,2-4,9H2,1H3,(H,19,21). The van der Waals surface area contributed by atoms with Crippen molar-refractivity contribution in [2.75, 3.05) is 12.4 Å². The van der Waals surface area contributed by atoms with Gasteiger partial charge in [0.05, 0.1) is 19.1 Å². The highest BCUT2D eigenvalue weighted by atomic mass is 16.5. The highest BCUT2D eigenvalue weighted by molar-refractivity contribution is 5.99. The maximum Gasteiger partial charge on any atom is 0.359 e. The molecule has 2 aromatic rings. The maximum atomic E-state index is 12.1.